The molecule has 9 nitrogen and oxygen atoms in total. The fraction of sp³-hybridized carbons (Fsp3) is 0.192. The lowest BCUT2D eigenvalue weighted by molar-refractivity contribution is -0.385. The molecule has 0 bridgehead atoms. The van der Waals surface area contributed by atoms with Crippen LogP contribution < -0.4 is 10.6 Å². The smallest absolute Gasteiger partial charge is 0.273 e. The Morgan fingerprint density at radius 3 is 2.25 bits per heavy atom. The van der Waals surface area contributed by atoms with Crippen LogP contribution in [0.25, 0.3) is 0 Å². The number of hydrogen-bond donors (Lipinski definition) is 2. The summed E-state index contributed by atoms with van der Waals surface area (Å²) >= 11 is 0. The number of benzene rings is 3. The third kappa shape index (κ3) is 7.20. The number of nitrogens with zero attached hydrogens (tertiary/aromatic N) is 2. The summed E-state index contributed by atoms with van der Waals surface area (Å²) in [5.41, 5.74) is 2.36. The van der Waals surface area contributed by atoms with Gasteiger partial charge in [0.15, 0.2) is 0 Å². The Bertz CT molecular complexity index is 1280. The number of carbonyl (C=O) groups excluding carboxylic acids is 3. The van der Waals surface area contributed by atoms with Crippen LogP contribution in [0.2, 0.25) is 0 Å². The van der Waals surface area contributed by atoms with E-state index in [0.29, 0.717) is 16.8 Å². The zero-order chi connectivity index (χ0) is 26.2. The van der Waals surface area contributed by atoms with E-state index in [-0.39, 0.29) is 24.3 Å². The molecule has 0 unspecified atom stereocenters. The second-order valence-electron chi connectivity index (χ2n) is 8.24. The third-order valence-electron chi connectivity index (χ3n) is 5.34. The minimum absolute atomic E-state index is 0.0272. The molecule has 0 saturated heterocycles. The fourth-order valence-corrected chi connectivity index (χ4v) is 3.38. The minimum atomic E-state index is -0.623. The zero-order valence-corrected chi connectivity index (χ0v) is 19.8. The largest absolute Gasteiger partial charge is 0.345 e. The molecule has 36 heavy (non-hydrogen) atoms. The maximum atomic E-state index is 13.3. The van der Waals surface area contributed by atoms with Crippen molar-refractivity contribution in [3.63, 3.8) is 0 Å². The minimum Gasteiger partial charge on any atom is -0.345 e. The highest BCUT2D eigenvalue weighted by atomic mass is 19.1. The Balaban J connectivity index is 1.71. The number of anilines is 1. The molecule has 3 rings (SSSR count). The molecule has 3 aromatic carbocycles. The van der Waals surface area contributed by atoms with Gasteiger partial charge in [-0.05, 0) is 49.7 Å². The van der Waals surface area contributed by atoms with E-state index >= 15 is 0 Å². The summed E-state index contributed by atoms with van der Waals surface area (Å²) in [6, 6.07) is 16.6. The fourth-order valence-electron chi connectivity index (χ4n) is 3.38. The molecule has 10 heteroatoms. The Morgan fingerprint density at radius 1 is 0.944 bits per heavy atom. The molecule has 0 fully saturated rings. The van der Waals surface area contributed by atoms with E-state index in [9.17, 15) is 28.9 Å². The van der Waals surface area contributed by atoms with Crippen LogP contribution in [0.3, 0.4) is 0 Å². The highest BCUT2D eigenvalue weighted by Crippen LogP contribution is 2.21. The maximum absolute atomic E-state index is 13.3. The van der Waals surface area contributed by atoms with Crippen LogP contribution in [0.15, 0.2) is 66.7 Å². The molecule has 3 aromatic rings. The second kappa shape index (κ2) is 11.7. The van der Waals surface area contributed by atoms with Crippen molar-refractivity contribution in [1.82, 2.24) is 10.2 Å². The number of halogens is 1. The van der Waals surface area contributed by atoms with Crippen molar-refractivity contribution in [3.05, 3.63) is 105 Å². The Labute approximate surface area is 207 Å². The summed E-state index contributed by atoms with van der Waals surface area (Å²) in [6.45, 7) is 2.68. The van der Waals surface area contributed by atoms with Gasteiger partial charge in [-0.3, -0.25) is 24.5 Å². The molecule has 0 aliphatic rings. The number of amides is 3. The monoisotopic (exact) mass is 492 g/mol. The molecular formula is C26H25FN4O5. The van der Waals surface area contributed by atoms with E-state index in [2.05, 4.69) is 10.6 Å². The van der Waals surface area contributed by atoms with Crippen LogP contribution in [-0.2, 0) is 16.1 Å². The van der Waals surface area contributed by atoms with Crippen molar-refractivity contribution in [2.24, 2.45) is 0 Å². The average Bonchev–Trinajstić information content (AvgIpc) is 2.85. The number of nitro benzene ring substituents is 1. The van der Waals surface area contributed by atoms with Crippen molar-refractivity contribution < 1.29 is 23.7 Å². The van der Waals surface area contributed by atoms with Gasteiger partial charge in [0.05, 0.1) is 11.5 Å². The van der Waals surface area contributed by atoms with Crippen LogP contribution >= 0.6 is 0 Å². The van der Waals surface area contributed by atoms with Gasteiger partial charge in [0.2, 0.25) is 11.8 Å². The van der Waals surface area contributed by atoms with Crippen molar-refractivity contribution in [3.8, 4) is 0 Å². The summed E-state index contributed by atoms with van der Waals surface area (Å²) in [7, 11) is 0. The number of nitro groups is 1. The van der Waals surface area contributed by atoms with E-state index < -0.39 is 35.0 Å². The first kappa shape index (κ1) is 26.0. The van der Waals surface area contributed by atoms with E-state index in [4.69, 9.17) is 0 Å². The molecular weight excluding hydrogens is 467 g/mol. The van der Waals surface area contributed by atoms with E-state index in [1.807, 2.05) is 19.1 Å². The predicted molar refractivity (Wildman–Crippen MR) is 132 cm³/mol. The number of hydrogen-bond acceptors (Lipinski definition) is 5. The lowest BCUT2D eigenvalue weighted by atomic mass is 10.1. The van der Waals surface area contributed by atoms with Crippen LogP contribution in [0, 0.1) is 29.8 Å². The van der Waals surface area contributed by atoms with Crippen LogP contribution in [0.5, 0.6) is 0 Å². The summed E-state index contributed by atoms with van der Waals surface area (Å²) in [5.74, 6) is -2.13. The lowest BCUT2D eigenvalue weighted by Crippen LogP contribution is -2.42. The van der Waals surface area contributed by atoms with Crippen molar-refractivity contribution >= 4 is 29.1 Å². The zero-order valence-electron chi connectivity index (χ0n) is 19.8. The summed E-state index contributed by atoms with van der Waals surface area (Å²) < 4.78 is 13.3. The van der Waals surface area contributed by atoms with Crippen molar-refractivity contribution in [2.45, 2.75) is 20.4 Å². The quantitative estimate of drug-likeness (QED) is 0.348. The molecule has 0 heterocycles. The van der Waals surface area contributed by atoms with Gasteiger partial charge in [-0.15, -0.1) is 0 Å². The van der Waals surface area contributed by atoms with Crippen LogP contribution in [0.4, 0.5) is 15.8 Å². The molecule has 0 saturated carbocycles. The average molecular weight is 493 g/mol. The Hall–Kier alpha value is -4.60. The third-order valence-corrected chi connectivity index (χ3v) is 5.34. The Morgan fingerprint density at radius 2 is 1.61 bits per heavy atom. The molecule has 0 spiro atoms. The standard InChI is InChI=1S/C26H25FN4O5/c1-17-3-11-22(12-4-17)29-24(32)14-28-25(33)16-30(15-19-6-9-21(27)10-7-19)26(34)20-8-5-18(2)23(13-20)31(35)36/h3-13H,14-16H2,1-2H3,(H,28,33)(H,29,32). The number of carbonyl (C=O) groups is 3. The van der Waals surface area contributed by atoms with Gasteiger partial charge in [-0.1, -0.05) is 35.9 Å². The SMILES string of the molecule is Cc1ccc(NC(=O)CNC(=O)CN(Cc2ccc(F)cc2)C(=O)c2ccc(C)c([N+](=O)[O-])c2)cc1. The molecule has 0 atom stereocenters. The van der Waals surface area contributed by atoms with Crippen LogP contribution in [-0.4, -0.2) is 40.6 Å². The maximum Gasteiger partial charge on any atom is 0.273 e. The van der Waals surface area contributed by atoms with Crippen LogP contribution in [0.1, 0.15) is 27.0 Å². The van der Waals surface area contributed by atoms with Gasteiger partial charge in [-0.2, -0.15) is 0 Å². The first-order valence-electron chi connectivity index (χ1n) is 11.0. The Kier molecular flexibility index (Phi) is 8.45. The number of aryl methyl sites for hydroxylation is 2. The first-order valence-corrected chi connectivity index (χ1v) is 11.0. The molecule has 0 aliphatic carbocycles. The van der Waals surface area contributed by atoms with E-state index in [0.717, 1.165) is 11.6 Å². The highest BCUT2D eigenvalue weighted by Gasteiger charge is 2.22. The van der Waals surface area contributed by atoms with Gasteiger partial charge >= 0.3 is 0 Å². The normalized spacial score (nSPS) is 10.4. The topological polar surface area (TPSA) is 122 Å². The molecule has 186 valence electrons. The van der Waals surface area contributed by atoms with Crippen molar-refractivity contribution in [2.75, 3.05) is 18.4 Å². The number of rotatable bonds is 9. The van der Waals surface area contributed by atoms with E-state index in [1.54, 1.807) is 19.1 Å². The van der Waals surface area contributed by atoms with E-state index in [1.165, 1.54) is 41.3 Å². The van der Waals surface area contributed by atoms with Gasteiger partial charge in [0, 0.05) is 29.4 Å². The highest BCUT2D eigenvalue weighted by molar-refractivity contribution is 5.98. The van der Waals surface area contributed by atoms with Gasteiger partial charge in [0.1, 0.15) is 12.4 Å². The predicted octanol–water partition coefficient (Wildman–Crippen LogP) is 3.75. The molecule has 3 amide bonds. The second-order valence-corrected chi connectivity index (χ2v) is 8.24. The molecule has 0 aliphatic heterocycles. The van der Waals surface area contributed by atoms with Gasteiger partial charge in [-0.25, -0.2) is 4.39 Å². The van der Waals surface area contributed by atoms with Gasteiger partial charge in [0.25, 0.3) is 11.6 Å². The summed E-state index contributed by atoms with van der Waals surface area (Å²) in [5, 5.41) is 16.4. The summed E-state index contributed by atoms with van der Waals surface area (Å²) in [4.78, 5) is 49.9. The summed E-state index contributed by atoms with van der Waals surface area (Å²) in [6.07, 6.45) is 0. The van der Waals surface area contributed by atoms with Gasteiger partial charge < -0.3 is 15.5 Å². The molecule has 0 aromatic heterocycles. The molecule has 0 radical (unpaired) electrons. The lowest BCUT2D eigenvalue weighted by Gasteiger charge is -2.22. The molecule has 2 N–H and O–H groups in total. The van der Waals surface area contributed by atoms with Crippen molar-refractivity contribution in [1.29, 1.82) is 0 Å². The number of nitrogens with one attached hydrogen (secondary N) is 2. The first-order chi connectivity index (χ1) is 17.1.